The quantitative estimate of drug-likeness (QED) is 0.264. The number of benzene rings is 2. The number of piperidine rings is 1. The molecule has 2 fully saturated rings. The minimum Gasteiger partial charge on any atom is -0.495 e. The first-order valence-electron chi connectivity index (χ1n) is 14.2. The lowest BCUT2D eigenvalue weighted by Crippen LogP contribution is -2.55. The molecule has 2 saturated heterocycles. The summed E-state index contributed by atoms with van der Waals surface area (Å²) in [6, 6.07) is 14.5. The molecule has 41 heavy (non-hydrogen) atoms. The Morgan fingerprint density at radius 2 is 1.51 bits per heavy atom. The van der Waals surface area contributed by atoms with Gasteiger partial charge in [0.25, 0.3) is 0 Å². The maximum Gasteiger partial charge on any atom is 0.410 e. The highest BCUT2D eigenvalue weighted by Crippen LogP contribution is 2.45. The van der Waals surface area contributed by atoms with Crippen LogP contribution in [0.2, 0.25) is 38.3 Å². The number of nitrogens with zero attached hydrogens (tertiary/aromatic N) is 2. The number of nitrogens with two attached hydrogens (primary N) is 1. The van der Waals surface area contributed by atoms with Gasteiger partial charge in [-0.25, -0.2) is 4.79 Å². The first kappa shape index (κ1) is 33.3. The molecule has 2 heterocycles. The second-order valence-corrected chi connectivity index (χ2v) is 23.7. The zero-order valence-electron chi connectivity index (χ0n) is 26.1. The molecule has 3 N–H and O–H groups in total. The van der Waals surface area contributed by atoms with Crippen molar-refractivity contribution in [2.75, 3.05) is 37.3 Å². The van der Waals surface area contributed by atoms with E-state index in [1.54, 1.807) is 37.3 Å². The van der Waals surface area contributed by atoms with Gasteiger partial charge < -0.3 is 34.2 Å². The molecule has 0 aromatic heterocycles. The monoisotopic (exact) mass is 665 g/mol. The number of methoxy groups -OCH3 is 2. The molecular formula is C30H48BrN3O5Si2. The normalized spacial score (nSPS) is 19.2. The molecule has 2 aromatic carbocycles. The number of ether oxygens (including phenoxy) is 3. The smallest absolute Gasteiger partial charge is 0.410 e. The van der Waals surface area contributed by atoms with Gasteiger partial charge in [-0.05, 0) is 81.6 Å². The van der Waals surface area contributed by atoms with Crippen molar-refractivity contribution in [3.63, 3.8) is 0 Å². The van der Waals surface area contributed by atoms with Crippen molar-refractivity contribution in [3.05, 3.63) is 46.4 Å². The third-order valence-corrected chi connectivity index (χ3v) is 18.4. The lowest BCUT2D eigenvalue weighted by molar-refractivity contribution is -0.0357. The average molecular weight is 667 g/mol. The minimum absolute atomic E-state index is 0.338. The number of carbonyl (C=O) groups is 1. The SMILES string of the molecule is COc1cc(Br)ccc1N1[Si](C)(C)CC[Si]1(C)C.COc1cc(C2(O)CCN(C(=O)OC(C)(C)C)CC2)ccc1N. The Labute approximate surface area is 256 Å². The zero-order chi connectivity index (χ0) is 30.8. The van der Waals surface area contributed by atoms with Gasteiger partial charge in [0.05, 0.1) is 31.2 Å². The van der Waals surface area contributed by atoms with Gasteiger partial charge in [-0.1, -0.05) is 48.2 Å². The highest BCUT2D eigenvalue weighted by molar-refractivity contribution is 9.10. The molecule has 2 aliphatic rings. The molecule has 1 amide bonds. The first-order chi connectivity index (χ1) is 18.9. The third kappa shape index (κ3) is 8.00. The summed E-state index contributed by atoms with van der Waals surface area (Å²) >= 11 is 3.53. The van der Waals surface area contributed by atoms with E-state index in [1.165, 1.54) is 17.8 Å². The van der Waals surface area contributed by atoms with Crippen molar-refractivity contribution in [3.8, 4) is 11.5 Å². The van der Waals surface area contributed by atoms with Crippen molar-refractivity contribution in [2.45, 2.75) is 83.1 Å². The number of aliphatic hydroxyl groups is 1. The molecule has 8 nitrogen and oxygen atoms in total. The van der Waals surface area contributed by atoms with Crippen molar-refractivity contribution >= 4 is 49.9 Å². The topological polar surface area (TPSA) is 97.5 Å². The molecular weight excluding hydrogens is 618 g/mol. The molecule has 0 bridgehead atoms. The number of hydrogen-bond acceptors (Lipinski definition) is 7. The van der Waals surface area contributed by atoms with Gasteiger partial charge in [0.2, 0.25) is 0 Å². The van der Waals surface area contributed by atoms with Gasteiger partial charge in [-0.3, -0.25) is 0 Å². The van der Waals surface area contributed by atoms with Crippen LogP contribution < -0.4 is 19.4 Å². The van der Waals surface area contributed by atoms with Crippen LogP contribution in [0.3, 0.4) is 0 Å². The largest absolute Gasteiger partial charge is 0.495 e. The van der Waals surface area contributed by atoms with Crippen LogP contribution in [0.25, 0.3) is 0 Å². The predicted molar refractivity (Wildman–Crippen MR) is 176 cm³/mol. The average Bonchev–Trinajstić information content (AvgIpc) is 3.10. The summed E-state index contributed by atoms with van der Waals surface area (Å²) in [6.07, 6.45) is 0.549. The van der Waals surface area contributed by atoms with Crippen LogP contribution in [0.1, 0.15) is 39.2 Å². The minimum atomic E-state index is -1.31. The number of anilines is 2. The Balaban J connectivity index is 0.000000232. The Bertz CT molecular complexity index is 1210. The van der Waals surface area contributed by atoms with Crippen molar-refractivity contribution in [1.82, 2.24) is 4.90 Å². The fourth-order valence-corrected chi connectivity index (χ4v) is 20.4. The van der Waals surface area contributed by atoms with Crippen molar-refractivity contribution < 1.29 is 24.1 Å². The molecule has 0 unspecified atom stereocenters. The van der Waals surface area contributed by atoms with Crippen LogP contribution in [-0.4, -0.2) is 65.5 Å². The summed E-state index contributed by atoms with van der Waals surface area (Å²) in [4.78, 5) is 13.7. The first-order valence-corrected chi connectivity index (χ1v) is 21.3. The van der Waals surface area contributed by atoms with Crippen LogP contribution in [0, 0.1) is 0 Å². The Morgan fingerprint density at radius 1 is 0.951 bits per heavy atom. The van der Waals surface area contributed by atoms with E-state index < -0.39 is 27.7 Å². The number of likely N-dealkylation sites (tertiary alicyclic amines) is 1. The second kappa shape index (κ2) is 12.6. The van der Waals surface area contributed by atoms with E-state index in [4.69, 9.17) is 19.9 Å². The van der Waals surface area contributed by atoms with Crippen molar-refractivity contribution in [2.24, 2.45) is 0 Å². The maximum atomic E-state index is 12.1. The highest BCUT2D eigenvalue weighted by Gasteiger charge is 2.48. The van der Waals surface area contributed by atoms with E-state index in [0.29, 0.717) is 37.4 Å². The van der Waals surface area contributed by atoms with Gasteiger partial charge in [0.15, 0.2) is 0 Å². The summed E-state index contributed by atoms with van der Waals surface area (Å²) in [7, 11) is 0.692. The lowest BCUT2D eigenvalue weighted by atomic mass is 9.84. The van der Waals surface area contributed by atoms with Gasteiger partial charge in [-0.15, -0.1) is 0 Å². The van der Waals surface area contributed by atoms with Gasteiger partial charge in [-0.2, -0.15) is 0 Å². The number of rotatable bonds is 4. The molecule has 11 heteroatoms. The molecule has 0 spiro atoms. The number of nitrogen functional groups attached to an aromatic ring is 1. The van der Waals surface area contributed by atoms with E-state index in [9.17, 15) is 9.90 Å². The standard InChI is InChI=1S/C17H26N2O4.C13H22BrNOSi2/c1-16(2,3)23-15(20)19-9-7-17(21,8-10-19)12-5-6-13(18)14(11-12)22-4;1-16-13-10-11(14)6-7-12(13)15-17(2,3)8-9-18(15,4)5/h5-6,11,21H,7-10,18H2,1-4H3;6-7,10H,8-9H2,1-5H3. The number of amides is 1. The predicted octanol–water partition coefficient (Wildman–Crippen LogP) is 7.18. The fraction of sp³-hybridized carbons (Fsp3) is 0.567. The van der Waals surface area contributed by atoms with E-state index in [0.717, 1.165) is 15.8 Å². The van der Waals surface area contributed by atoms with Crippen molar-refractivity contribution in [1.29, 1.82) is 0 Å². The highest BCUT2D eigenvalue weighted by atomic mass is 79.9. The Morgan fingerprint density at radius 3 is 2.02 bits per heavy atom. The van der Waals surface area contributed by atoms with E-state index in [2.05, 4.69) is 64.5 Å². The summed E-state index contributed by atoms with van der Waals surface area (Å²) in [6.45, 7) is 16.3. The van der Waals surface area contributed by atoms with Gasteiger partial charge in [0, 0.05) is 17.6 Å². The zero-order valence-corrected chi connectivity index (χ0v) is 29.7. The van der Waals surface area contributed by atoms with Crippen LogP contribution in [-0.2, 0) is 10.3 Å². The van der Waals surface area contributed by atoms with E-state index in [1.807, 2.05) is 20.8 Å². The Kier molecular flexibility index (Phi) is 10.2. The fourth-order valence-electron chi connectivity index (χ4n) is 5.82. The molecule has 0 saturated carbocycles. The summed E-state index contributed by atoms with van der Waals surface area (Å²) in [5, 5.41) is 10.9. The summed E-state index contributed by atoms with van der Waals surface area (Å²) in [5.74, 6) is 1.55. The molecule has 0 radical (unpaired) electrons. The molecule has 2 aromatic rings. The number of halogens is 1. The second-order valence-electron chi connectivity index (χ2n) is 13.2. The van der Waals surface area contributed by atoms with Crippen LogP contribution in [0.4, 0.5) is 16.2 Å². The van der Waals surface area contributed by atoms with E-state index in [-0.39, 0.29) is 6.09 Å². The Hall–Kier alpha value is -2.22. The maximum absolute atomic E-state index is 12.1. The number of hydrogen-bond donors (Lipinski definition) is 2. The molecule has 228 valence electrons. The van der Waals surface area contributed by atoms with Gasteiger partial charge in [0.1, 0.15) is 33.6 Å². The van der Waals surface area contributed by atoms with Crippen LogP contribution in [0.15, 0.2) is 40.9 Å². The van der Waals surface area contributed by atoms with Gasteiger partial charge >= 0.3 is 6.09 Å². The third-order valence-electron chi connectivity index (χ3n) is 7.96. The lowest BCUT2D eigenvalue weighted by Gasteiger charge is -2.42. The summed E-state index contributed by atoms with van der Waals surface area (Å²) < 4.78 is 20.1. The molecule has 4 rings (SSSR count). The molecule has 0 atom stereocenters. The molecule has 0 aliphatic carbocycles. The summed E-state index contributed by atoms with van der Waals surface area (Å²) in [5.41, 5.74) is 6.91. The van der Waals surface area contributed by atoms with Crippen LogP contribution >= 0.6 is 15.9 Å². The van der Waals surface area contributed by atoms with Crippen LogP contribution in [0.5, 0.6) is 11.5 Å². The van der Waals surface area contributed by atoms with E-state index >= 15 is 0 Å². The molecule has 2 aliphatic heterocycles. The number of carbonyl (C=O) groups excluding carboxylic acids is 1.